The van der Waals surface area contributed by atoms with Crippen LogP contribution in [0.15, 0.2) is 11.3 Å². The van der Waals surface area contributed by atoms with Gasteiger partial charge >= 0.3 is 0 Å². The Hall–Kier alpha value is -3.10. The quantitative estimate of drug-likeness (QED) is 0.0484. The van der Waals surface area contributed by atoms with E-state index in [1.54, 1.807) is 17.1 Å². The van der Waals surface area contributed by atoms with Crippen molar-refractivity contribution >= 4 is 23.7 Å². The van der Waals surface area contributed by atoms with Crippen LogP contribution in [0.5, 0.6) is 0 Å². The second-order valence-electron chi connectivity index (χ2n) is 12.9. The maximum atomic E-state index is 11.6. The molecule has 2 amide bonds. The molecule has 4 aliphatic rings. The molecule has 22 heteroatoms. The Morgan fingerprint density at radius 2 is 1.65 bits per heavy atom. The molecule has 11 unspecified atom stereocenters. The van der Waals surface area contributed by atoms with E-state index in [1.165, 1.54) is 25.5 Å². The highest BCUT2D eigenvalue weighted by Gasteiger charge is 2.62. The van der Waals surface area contributed by atoms with Crippen molar-refractivity contribution in [1.82, 2.24) is 30.9 Å². The van der Waals surface area contributed by atoms with Gasteiger partial charge in [-0.05, 0) is 12.0 Å². The van der Waals surface area contributed by atoms with Crippen molar-refractivity contribution in [3.05, 3.63) is 11.9 Å². The molecule has 4 aliphatic heterocycles. The van der Waals surface area contributed by atoms with E-state index >= 15 is 0 Å². The zero-order valence-corrected chi connectivity index (χ0v) is 29.1. The monoisotopic (exact) mass is 745 g/mol. The Morgan fingerprint density at radius 1 is 1.00 bits per heavy atom. The van der Waals surface area contributed by atoms with Gasteiger partial charge < -0.3 is 74.6 Å². The van der Waals surface area contributed by atoms with Crippen LogP contribution >= 0.6 is 0 Å². The van der Waals surface area contributed by atoms with Gasteiger partial charge in [-0.2, -0.15) is 0 Å². The summed E-state index contributed by atoms with van der Waals surface area (Å²) < 4.78 is 42.3. The van der Waals surface area contributed by atoms with Crippen molar-refractivity contribution in [3.63, 3.8) is 0 Å². The number of nitrogens with zero attached hydrogens (tertiary/aromatic N) is 5. The summed E-state index contributed by atoms with van der Waals surface area (Å²) >= 11 is 0. The maximum Gasteiger partial charge on any atom is 0.219 e. The Morgan fingerprint density at radius 3 is 2.31 bits per heavy atom. The number of hydrogen-bond acceptors (Lipinski definition) is 18. The van der Waals surface area contributed by atoms with Crippen molar-refractivity contribution in [2.24, 2.45) is 5.10 Å². The van der Waals surface area contributed by atoms with E-state index in [0.29, 0.717) is 25.3 Å². The van der Waals surface area contributed by atoms with Crippen molar-refractivity contribution < 1.29 is 73.0 Å². The SMILES string of the molecule is CC(=O)NC1C(OCCOCC=[N+]2CC(CNCc3cn(COCCOC4OC5C(OC5(C)O)C(O)C4NC(C)=O)nn3)=N2)OC(CO)C(O)C1O. The number of aliphatic hydroxyl groups excluding tert-OH is 4. The molecule has 3 saturated heterocycles. The van der Waals surface area contributed by atoms with E-state index < -0.39 is 79.6 Å². The number of ether oxygens (including phenoxy) is 7. The van der Waals surface area contributed by atoms with E-state index in [1.807, 2.05) is 0 Å². The van der Waals surface area contributed by atoms with Crippen molar-refractivity contribution in [1.29, 1.82) is 0 Å². The average Bonchev–Trinajstić information content (AvgIpc) is 3.53. The van der Waals surface area contributed by atoms with Crippen LogP contribution in [0, 0.1) is 0 Å². The number of fused-ring (bicyclic) bond motifs is 1. The molecule has 0 saturated carbocycles. The summed E-state index contributed by atoms with van der Waals surface area (Å²) in [5.74, 6) is -2.37. The van der Waals surface area contributed by atoms with E-state index in [2.05, 4.69) is 31.4 Å². The largest absolute Gasteiger partial charge is 0.394 e. The Balaban J connectivity index is 0.919. The highest BCUT2D eigenvalue weighted by Crippen LogP contribution is 2.40. The molecular weight excluding hydrogens is 696 g/mol. The van der Waals surface area contributed by atoms with Crippen molar-refractivity contribution in [3.8, 4) is 0 Å². The van der Waals surface area contributed by atoms with Crippen LogP contribution in [-0.2, 0) is 56.0 Å². The van der Waals surface area contributed by atoms with Crippen LogP contribution in [0.4, 0.5) is 0 Å². The number of carbonyl (C=O) groups is 2. The van der Waals surface area contributed by atoms with Crippen LogP contribution in [-0.4, -0.2) is 189 Å². The maximum absolute atomic E-state index is 11.6. The van der Waals surface area contributed by atoms with Crippen LogP contribution < -0.4 is 16.0 Å². The van der Waals surface area contributed by atoms with Gasteiger partial charge in [0.2, 0.25) is 18.4 Å². The molecule has 8 N–H and O–H groups in total. The molecule has 0 bridgehead atoms. The lowest BCUT2D eigenvalue weighted by Crippen LogP contribution is -2.76. The number of hydrogen-bond donors (Lipinski definition) is 8. The van der Waals surface area contributed by atoms with Crippen LogP contribution in [0.3, 0.4) is 0 Å². The standard InChI is InChI=1S/C30H48N8O14/c1-16(40)32-21-24(43)23(42)20(14-39)50-28(21)48-8-6-46-5-4-37-13-19(35-37)11-31-10-18-12-38(36-34-18)15-47-7-9-49-29-22(33-17(2)41)25(44)26-27(51-29)30(3,45)52-26/h4,12,20-29,31,39,42-45H,5-11,13-15H2,1-3H3,(H-,32,33,40,41)/p+1. The highest BCUT2D eigenvalue weighted by atomic mass is 16.8. The van der Waals surface area contributed by atoms with Crippen LogP contribution in [0.1, 0.15) is 26.5 Å². The highest BCUT2D eigenvalue weighted by molar-refractivity contribution is 5.89. The minimum atomic E-state index is -1.56. The summed E-state index contributed by atoms with van der Waals surface area (Å²) in [7, 11) is 0. The first-order valence-corrected chi connectivity index (χ1v) is 16.9. The molecule has 5 rings (SSSR count). The second kappa shape index (κ2) is 18.3. The second-order valence-corrected chi connectivity index (χ2v) is 12.9. The number of aromatic nitrogens is 3. The molecule has 52 heavy (non-hydrogen) atoms. The lowest BCUT2D eigenvalue weighted by molar-refractivity contribution is -0.539. The molecule has 3 fully saturated rings. The molecule has 0 radical (unpaired) electrons. The summed E-state index contributed by atoms with van der Waals surface area (Å²) in [4.78, 5) is 23.2. The average molecular weight is 746 g/mol. The number of hydrazone groups is 1. The zero-order chi connectivity index (χ0) is 37.4. The summed E-state index contributed by atoms with van der Waals surface area (Å²) in [5, 5.41) is 71.5. The molecule has 1 aromatic heterocycles. The molecule has 1 aromatic rings. The first-order chi connectivity index (χ1) is 24.9. The minimum Gasteiger partial charge on any atom is -0.394 e. The van der Waals surface area contributed by atoms with Crippen LogP contribution in [0.2, 0.25) is 0 Å². The van der Waals surface area contributed by atoms with E-state index in [9.17, 15) is 35.1 Å². The van der Waals surface area contributed by atoms with E-state index in [4.69, 9.17) is 33.2 Å². The minimum absolute atomic E-state index is 0.0745. The molecule has 0 spiro atoms. The number of rotatable bonds is 19. The van der Waals surface area contributed by atoms with Gasteiger partial charge in [0.15, 0.2) is 30.3 Å². The molecule has 0 aromatic carbocycles. The third-order valence-corrected chi connectivity index (χ3v) is 8.58. The Kier molecular flexibility index (Phi) is 14.1. The lowest BCUT2D eigenvalue weighted by atomic mass is 9.87. The normalized spacial score (nSPS) is 34.9. The van der Waals surface area contributed by atoms with Gasteiger partial charge in [-0.25, -0.2) is 4.68 Å². The molecule has 11 atom stereocenters. The van der Waals surface area contributed by atoms with Crippen LogP contribution in [0.25, 0.3) is 0 Å². The predicted molar refractivity (Wildman–Crippen MR) is 172 cm³/mol. The number of amides is 2. The smallest absolute Gasteiger partial charge is 0.219 e. The number of nitrogens with one attached hydrogen (secondary N) is 3. The molecule has 0 aliphatic carbocycles. The van der Waals surface area contributed by atoms with Gasteiger partial charge in [-0.1, -0.05) is 9.90 Å². The van der Waals surface area contributed by atoms with Crippen molar-refractivity contribution in [2.45, 2.75) is 101 Å². The summed E-state index contributed by atoms with van der Waals surface area (Å²) in [6.07, 6.45) is -5.11. The van der Waals surface area contributed by atoms with E-state index in [0.717, 1.165) is 5.71 Å². The zero-order valence-electron chi connectivity index (χ0n) is 29.1. The lowest BCUT2D eigenvalue weighted by Gasteiger charge is -2.56. The summed E-state index contributed by atoms with van der Waals surface area (Å²) in [6.45, 7) is 5.97. The van der Waals surface area contributed by atoms with Gasteiger partial charge in [-0.3, -0.25) is 9.59 Å². The summed E-state index contributed by atoms with van der Waals surface area (Å²) in [6, 6.07) is -1.89. The van der Waals surface area contributed by atoms with Gasteiger partial charge in [0.05, 0.1) is 44.9 Å². The van der Waals surface area contributed by atoms with Gasteiger partial charge in [0.25, 0.3) is 0 Å². The molecule has 22 nitrogen and oxygen atoms in total. The van der Waals surface area contributed by atoms with Gasteiger partial charge in [-0.15, -0.1) is 5.10 Å². The fourth-order valence-corrected chi connectivity index (χ4v) is 6.03. The summed E-state index contributed by atoms with van der Waals surface area (Å²) in [5.41, 5.74) is 1.64. The van der Waals surface area contributed by atoms with Gasteiger partial charge in [0, 0.05) is 26.9 Å². The van der Waals surface area contributed by atoms with E-state index in [-0.39, 0.29) is 45.7 Å². The fourth-order valence-electron chi connectivity index (χ4n) is 6.03. The number of aliphatic hydroxyl groups is 5. The predicted octanol–water partition coefficient (Wildman–Crippen LogP) is -5.51. The Labute approximate surface area is 298 Å². The topological polar surface area (TPSA) is 282 Å². The van der Waals surface area contributed by atoms with Gasteiger partial charge in [0.1, 0.15) is 62.0 Å². The third-order valence-electron chi connectivity index (χ3n) is 8.58. The first kappa shape index (κ1) is 40.1. The molecule has 5 heterocycles. The Bertz CT molecular complexity index is 1410. The first-order valence-electron chi connectivity index (χ1n) is 16.9. The molecule has 292 valence electrons. The number of carbonyl (C=O) groups excluding carboxylic acids is 2. The van der Waals surface area contributed by atoms with Crippen molar-refractivity contribution in [2.75, 3.05) is 52.7 Å². The third kappa shape index (κ3) is 10.3. The fraction of sp³-hybridized carbons (Fsp3) is 0.800. The molecular formula is C30H49N8O14+.